The molecule has 0 radical (unpaired) electrons. The van der Waals surface area contributed by atoms with Crippen molar-refractivity contribution >= 4 is 40.3 Å². The zero-order valence-corrected chi connectivity index (χ0v) is 40.9. The number of aromatic nitrogens is 1. The number of hydrogen-bond donors (Lipinski definition) is 7. The van der Waals surface area contributed by atoms with E-state index in [9.17, 15) is 29.4 Å². The van der Waals surface area contributed by atoms with Crippen LogP contribution in [-0.2, 0) is 49.3 Å². The Morgan fingerprint density at radius 1 is 0.676 bits per heavy atom. The summed E-state index contributed by atoms with van der Waals surface area (Å²) >= 11 is 0. The number of carbonyl (C=O) groups excluding carboxylic acids is 3. The number of aliphatic hydroxyl groups is 1. The fraction of sp³-hybridized carbons (Fsp3) is 0.426. The van der Waals surface area contributed by atoms with Crippen LogP contribution in [0.15, 0.2) is 109 Å². The maximum absolute atomic E-state index is 13.7. The Labute approximate surface area is 416 Å². The Balaban J connectivity index is 1.11. The maximum atomic E-state index is 13.7. The number of benzene rings is 4. The van der Waals surface area contributed by atoms with E-state index in [1.54, 1.807) is 18.3 Å². The quantitative estimate of drug-likeness (QED) is 0.0192. The van der Waals surface area contributed by atoms with Crippen molar-refractivity contribution in [1.82, 2.24) is 26.3 Å². The number of pyridine rings is 1. The van der Waals surface area contributed by atoms with Crippen LogP contribution >= 0.6 is 0 Å². The number of nitrogens with one attached hydrogen (secondary N) is 5. The fourth-order valence-electron chi connectivity index (χ4n) is 7.60. The second-order valence-electron chi connectivity index (χ2n) is 16.8. The van der Waals surface area contributed by atoms with E-state index in [0.29, 0.717) is 83.4 Å². The molecule has 0 bridgehead atoms. The highest BCUT2D eigenvalue weighted by atomic mass is 16.6. The number of aliphatic hydroxyl groups excluding tert-OH is 1. The molecule has 3 atom stereocenters. The maximum Gasteiger partial charge on any atom is 0.305 e. The molecule has 3 unspecified atom stereocenters. The molecule has 17 heteroatoms. The summed E-state index contributed by atoms with van der Waals surface area (Å²) in [6, 6.07) is 30.4. The van der Waals surface area contributed by atoms with E-state index in [0.717, 1.165) is 51.9 Å². The topological polar surface area (TPSA) is 228 Å². The molecule has 4 aromatic carbocycles. The van der Waals surface area contributed by atoms with Crippen molar-refractivity contribution in [2.45, 2.75) is 64.3 Å². The zero-order valence-electron chi connectivity index (χ0n) is 40.9. The minimum absolute atomic E-state index is 0.198. The van der Waals surface area contributed by atoms with Gasteiger partial charge in [0.05, 0.1) is 84.5 Å². The summed E-state index contributed by atoms with van der Waals surface area (Å²) < 4.78 is 27.6. The molecule has 0 aliphatic heterocycles. The molecule has 0 aliphatic carbocycles. The molecule has 17 nitrogen and oxygen atoms in total. The highest BCUT2D eigenvalue weighted by Gasteiger charge is 2.24. The van der Waals surface area contributed by atoms with Gasteiger partial charge in [-0.05, 0) is 76.9 Å². The van der Waals surface area contributed by atoms with Gasteiger partial charge < -0.3 is 55.2 Å². The lowest BCUT2D eigenvalue weighted by atomic mass is 9.92. The summed E-state index contributed by atoms with van der Waals surface area (Å²) in [5, 5.41) is 37.7. The fourth-order valence-corrected chi connectivity index (χ4v) is 7.60. The zero-order chi connectivity index (χ0) is 50.5. The molecule has 1 aromatic heterocycles. The number of aliphatic carboxylic acids is 1. The van der Waals surface area contributed by atoms with Crippen molar-refractivity contribution in [3.8, 4) is 11.1 Å². The SMILES string of the molecule is CCCOCCOCCOCCOCCOCCNC(=O)C(Cc1ccccc1)NC(O)c1ccc(-c2ccc(C(CC(=O)O)NC(=O)CNC(=O)CCCNc3cc(C)ccn3)cc2)c2ccccc12. The molecule has 0 saturated carbocycles. The first-order valence-electron chi connectivity index (χ1n) is 24.3. The highest BCUT2D eigenvalue weighted by Crippen LogP contribution is 2.34. The van der Waals surface area contributed by atoms with Crippen molar-refractivity contribution in [1.29, 1.82) is 0 Å². The Morgan fingerprint density at radius 3 is 1.96 bits per heavy atom. The van der Waals surface area contributed by atoms with Crippen LogP contribution < -0.4 is 26.6 Å². The van der Waals surface area contributed by atoms with Crippen LogP contribution in [0.25, 0.3) is 21.9 Å². The van der Waals surface area contributed by atoms with Gasteiger partial charge in [-0.15, -0.1) is 0 Å². The van der Waals surface area contributed by atoms with Crippen molar-refractivity contribution in [2.24, 2.45) is 0 Å². The van der Waals surface area contributed by atoms with Gasteiger partial charge in [-0.3, -0.25) is 24.5 Å². The van der Waals surface area contributed by atoms with E-state index >= 15 is 0 Å². The summed E-state index contributed by atoms with van der Waals surface area (Å²) in [4.78, 5) is 55.2. The Kier molecular flexibility index (Phi) is 24.9. The third-order valence-corrected chi connectivity index (χ3v) is 11.2. The summed E-state index contributed by atoms with van der Waals surface area (Å²) in [6.07, 6.45) is 2.17. The molecule has 5 rings (SSSR count). The Hall–Kier alpha value is -6.31. The number of carboxylic acids is 1. The smallest absolute Gasteiger partial charge is 0.305 e. The van der Waals surface area contributed by atoms with Gasteiger partial charge in [0.25, 0.3) is 0 Å². The predicted octanol–water partition coefficient (Wildman–Crippen LogP) is 5.65. The van der Waals surface area contributed by atoms with Crippen LogP contribution in [0.4, 0.5) is 5.82 Å². The molecular formula is C54H70N6O11. The number of aryl methyl sites for hydroxylation is 1. The molecule has 382 valence electrons. The van der Waals surface area contributed by atoms with Crippen molar-refractivity contribution in [3.05, 3.63) is 132 Å². The number of hydrogen-bond acceptors (Lipinski definition) is 13. The first kappa shape index (κ1) is 55.6. The molecule has 7 N–H and O–H groups in total. The standard InChI is InChI=1S/C54H70N6O11/c1-3-25-67-27-29-69-31-33-71-34-32-70-30-28-68-26-24-57-54(66)48(36-40-10-5-4-6-11-40)60-53(65)46-20-19-43(44-12-7-8-13-45(44)46)41-15-17-42(18-16-41)47(37-52(63)64)59-51(62)38-58-50(61)14-9-22-55-49-35-39(2)21-23-56-49/h4-8,10-13,15-21,23,35,47-48,53,60,65H,3,9,14,22,24-34,36-38H2,1-2H3,(H,55,56)(H,57,66)(H,58,61)(H,59,62)(H,63,64). The monoisotopic (exact) mass is 979 g/mol. The van der Waals surface area contributed by atoms with E-state index in [1.165, 1.54) is 0 Å². The van der Waals surface area contributed by atoms with Gasteiger partial charge in [0.15, 0.2) is 0 Å². The van der Waals surface area contributed by atoms with Gasteiger partial charge in [0.2, 0.25) is 17.7 Å². The van der Waals surface area contributed by atoms with E-state index in [4.69, 9.17) is 23.7 Å². The average Bonchev–Trinajstić information content (AvgIpc) is 3.37. The number of fused-ring (bicyclic) bond motifs is 1. The molecule has 0 aliphatic rings. The average molecular weight is 979 g/mol. The Bertz CT molecular complexity index is 2370. The van der Waals surface area contributed by atoms with E-state index in [2.05, 4.69) is 38.5 Å². The molecule has 0 spiro atoms. The number of carbonyl (C=O) groups is 4. The first-order valence-corrected chi connectivity index (χ1v) is 24.3. The largest absolute Gasteiger partial charge is 0.481 e. The van der Waals surface area contributed by atoms with Gasteiger partial charge >= 0.3 is 5.97 Å². The van der Waals surface area contributed by atoms with Gasteiger partial charge in [0.1, 0.15) is 12.0 Å². The van der Waals surface area contributed by atoms with Crippen molar-refractivity contribution < 1.29 is 53.1 Å². The summed E-state index contributed by atoms with van der Waals surface area (Å²) in [7, 11) is 0. The van der Waals surface area contributed by atoms with Crippen molar-refractivity contribution in [3.63, 3.8) is 0 Å². The third kappa shape index (κ3) is 20.5. The normalized spacial score (nSPS) is 12.5. The molecule has 71 heavy (non-hydrogen) atoms. The Morgan fingerprint density at radius 2 is 1.31 bits per heavy atom. The van der Waals surface area contributed by atoms with Crippen LogP contribution in [0.1, 0.15) is 67.1 Å². The van der Waals surface area contributed by atoms with Gasteiger partial charge in [-0.2, -0.15) is 0 Å². The number of carboxylic acid groups (broad SMARTS) is 1. The summed E-state index contributed by atoms with van der Waals surface area (Å²) in [6.45, 7) is 9.27. The number of rotatable bonds is 35. The second kappa shape index (κ2) is 31.8. The molecule has 3 amide bonds. The van der Waals surface area contributed by atoms with E-state index in [1.807, 2.05) is 97.9 Å². The molecule has 1 heterocycles. The summed E-state index contributed by atoms with van der Waals surface area (Å²) in [5.74, 6) is -1.47. The molecular weight excluding hydrogens is 909 g/mol. The van der Waals surface area contributed by atoms with Crippen LogP contribution in [0.5, 0.6) is 0 Å². The predicted molar refractivity (Wildman–Crippen MR) is 272 cm³/mol. The van der Waals surface area contributed by atoms with E-state index < -0.39 is 30.2 Å². The van der Waals surface area contributed by atoms with Crippen molar-refractivity contribution in [2.75, 3.05) is 91.0 Å². The van der Waals surface area contributed by atoms with Crippen LogP contribution in [0, 0.1) is 6.92 Å². The van der Waals surface area contributed by atoms with Gasteiger partial charge in [0, 0.05) is 37.9 Å². The van der Waals surface area contributed by atoms with E-state index in [-0.39, 0.29) is 44.4 Å². The minimum atomic E-state index is -1.21. The lowest BCUT2D eigenvalue weighted by molar-refractivity contribution is -0.138. The number of amides is 3. The minimum Gasteiger partial charge on any atom is -0.481 e. The van der Waals surface area contributed by atoms with Gasteiger partial charge in [-0.25, -0.2) is 4.98 Å². The number of nitrogens with zero attached hydrogens (tertiary/aromatic N) is 1. The van der Waals surface area contributed by atoms with Crippen LogP contribution in [0.3, 0.4) is 0 Å². The second-order valence-corrected chi connectivity index (χ2v) is 16.8. The molecule has 5 aromatic rings. The van der Waals surface area contributed by atoms with Crippen LogP contribution in [-0.4, -0.2) is 131 Å². The highest BCUT2D eigenvalue weighted by molar-refractivity contribution is 5.99. The number of anilines is 1. The lowest BCUT2D eigenvalue weighted by Crippen LogP contribution is -2.47. The third-order valence-electron chi connectivity index (χ3n) is 11.2. The molecule has 0 fully saturated rings. The molecule has 0 saturated heterocycles. The van der Waals surface area contributed by atoms with Crippen LogP contribution in [0.2, 0.25) is 0 Å². The van der Waals surface area contributed by atoms with Gasteiger partial charge in [-0.1, -0.05) is 97.9 Å². The first-order chi connectivity index (χ1) is 34.6. The number of ether oxygens (including phenoxy) is 5. The summed E-state index contributed by atoms with van der Waals surface area (Å²) in [5.41, 5.74) is 4.83. The lowest BCUT2D eigenvalue weighted by Gasteiger charge is -2.24.